The third-order valence-corrected chi connectivity index (χ3v) is 2.21. The lowest BCUT2D eigenvalue weighted by molar-refractivity contribution is 0.0799. The lowest BCUT2D eigenvalue weighted by Gasteiger charge is -2.21. The van der Waals surface area contributed by atoms with Crippen molar-refractivity contribution in [2.45, 2.75) is 18.2 Å². The summed E-state index contributed by atoms with van der Waals surface area (Å²) in [6.45, 7) is 0.263. The van der Waals surface area contributed by atoms with Gasteiger partial charge in [-0.1, -0.05) is 0 Å². The van der Waals surface area contributed by atoms with E-state index in [-0.39, 0.29) is 24.9 Å². The number of hydrogen-bond acceptors (Lipinski definition) is 3. The minimum absolute atomic E-state index is 0.0447. The van der Waals surface area contributed by atoms with Gasteiger partial charge in [0.2, 0.25) is 0 Å². The lowest BCUT2D eigenvalue weighted by Crippen LogP contribution is -2.41. The quantitative estimate of drug-likeness (QED) is 0.487. The number of aliphatic hydroxyl groups is 1. The molecular weight excluding hydrogens is 150 g/mol. The first-order valence-electron chi connectivity index (χ1n) is 3.50. The van der Waals surface area contributed by atoms with Gasteiger partial charge in [-0.2, -0.15) is 0 Å². The van der Waals surface area contributed by atoms with Crippen LogP contribution in [0.25, 0.3) is 0 Å². The molecule has 2 N–H and O–H groups in total. The van der Waals surface area contributed by atoms with E-state index in [0.717, 1.165) is 0 Å². The second-order valence-corrected chi connectivity index (χ2v) is 2.82. The number of likely N-dealkylation sites (tertiary alicyclic amines) is 1. The van der Waals surface area contributed by atoms with Gasteiger partial charge in [-0.3, -0.25) is 4.90 Å². The number of rotatable bonds is 1. The summed E-state index contributed by atoms with van der Waals surface area (Å²) in [6, 6.07) is -0.336. The molecule has 0 aromatic rings. The highest BCUT2D eigenvalue weighted by molar-refractivity contribution is 5.66. The molecular formula is C6H9NO4. The summed E-state index contributed by atoms with van der Waals surface area (Å²) >= 11 is 0. The summed E-state index contributed by atoms with van der Waals surface area (Å²) in [4.78, 5) is 11.7. The molecule has 0 radical (unpaired) electrons. The number of amides is 1. The molecule has 3 unspecified atom stereocenters. The van der Waals surface area contributed by atoms with Crippen LogP contribution in [-0.2, 0) is 4.74 Å². The monoisotopic (exact) mass is 159 g/mol. The van der Waals surface area contributed by atoms with Crippen LogP contribution in [0.5, 0.6) is 0 Å². The maximum Gasteiger partial charge on any atom is 0.407 e. The smallest absolute Gasteiger partial charge is 0.407 e. The molecule has 0 spiro atoms. The van der Waals surface area contributed by atoms with E-state index >= 15 is 0 Å². The van der Waals surface area contributed by atoms with Crippen LogP contribution in [-0.4, -0.2) is 52.6 Å². The van der Waals surface area contributed by atoms with Crippen molar-refractivity contribution in [3.63, 3.8) is 0 Å². The van der Waals surface area contributed by atoms with Gasteiger partial charge in [-0.25, -0.2) is 4.79 Å². The highest BCUT2D eigenvalue weighted by Crippen LogP contribution is 2.35. The van der Waals surface area contributed by atoms with Crippen molar-refractivity contribution in [2.24, 2.45) is 0 Å². The maximum atomic E-state index is 10.5. The zero-order valence-electron chi connectivity index (χ0n) is 5.80. The summed E-state index contributed by atoms with van der Waals surface area (Å²) < 4.78 is 5.07. The highest BCUT2D eigenvalue weighted by Gasteiger charge is 2.55. The zero-order chi connectivity index (χ0) is 8.01. The van der Waals surface area contributed by atoms with Crippen molar-refractivity contribution in [2.75, 3.05) is 13.2 Å². The molecule has 0 aromatic heterocycles. The molecule has 2 aliphatic rings. The second-order valence-electron chi connectivity index (χ2n) is 2.82. The van der Waals surface area contributed by atoms with Gasteiger partial charge in [0.25, 0.3) is 0 Å². The van der Waals surface area contributed by atoms with Crippen LogP contribution < -0.4 is 0 Å². The number of hydrogen-bond donors (Lipinski definition) is 2. The lowest BCUT2D eigenvalue weighted by atomic mass is 10.2. The van der Waals surface area contributed by atoms with E-state index in [1.54, 1.807) is 0 Å². The van der Waals surface area contributed by atoms with E-state index in [1.165, 1.54) is 4.90 Å². The molecule has 0 saturated carbocycles. The van der Waals surface area contributed by atoms with Crippen LogP contribution in [0.2, 0.25) is 0 Å². The highest BCUT2D eigenvalue weighted by atomic mass is 16.6. The Labute approximate surface area is 63.2 Å². The molecule has 2 heterocycles. The summed E-state index contributed by atoms with van der Waals surface area (Å²) in [6.07, 6.45) is -0.973. The van der Waals surface area contributed by atoms with Crippen LogP contribution in [0, 0.1) is 0 Å². The fourth-order valence-corrected chi connectivity index (χ4v) is 1.57. The molecule has 2 aliphatic heterocycles. The predicted octanol–water partition coefficient (Wildman–Crippen LogP) is -0.892. The average molecular weight is 159 g/mol. The minimum atomic E-state index is -0.972. The first-order valence-corrected chi connectivity index (χ1v) is 3.50. The van der Waals surface area contributed by atoms with Crippen molar-refractivity contribution >= 4 is 6.09 Å². The summed E-state index contributed by atoms with van der Waals surface area (Å²) in [7, 11) is 0. The van der Waals surface area contributed by atoms with E-state index in [9.17, 15) is 4.79 Å². The molecule has 0 aliphatic carbocycles. The number of morpholine rings is 1. The topological polar surface area (TPSA) is 73.3 Å². The van der Waals surface area contributed by atoms with Crippen molar-refractivity contribution < 1.29 is 19.7 Å². The van der Waals surface area contributed by atoms with Gasteiger partial charge in [0.15, 0.2) is 0 Å². The van der Waals surface area contributed by atoms with Gasteiger partial charge in [-0.15, -0.1) is 0 Å². The fourth-order valence-electron chi connectivity index (χ4n) is 1.57. The van der Waals surface area contributed by atoms with Crippen molar-refractivity contribution in [3.8, 4) is 0 Å². The first-order chi connectivity index (χ1) is 5.24. The molecule has 0 aromatic carbocycles. The average Bonchev–Trinajstić information content (AvgIpc) is 2.63. The van der Waals surface area contributed by atoms with Crippen molar-refractivity contribution in [1.82, 2.24) is 4.90 Å². The molecule has 2 saturated heterocycles. The van der Waals surface area contributed by atoms with Crippen LogP contribution in [0.15, 0.2) is 0 Å². The van der Waals surface area contributed by atoms with Crippen molar-refractivity contribution in [3.05, 3.63) is 0 Å². The van der Waals surface area contributed by atoms with Gasteiger partial charge in [-0.05, 0) is 0 Å². The third kappa shape index (κ3) is 0.883. The SMILES string of the molecule is O=C(O)N1CC2OC2C1CO. The number of carbonyl (C=O) groups is 1. The standard InChI is InChI=1S/C6H9NO4/c8-2-3-5-4(11-5)1-7(3)6(9)10/h3-5,8H,1-2H2,(H,9,10). The number of epoxide rings is 1. The van der Waals surface area contributed by atoms with E-state index in [1.807, 2.05) is 0 Å². The Morgan fingerprint density at radius 1 is 1.73 bits per heavy atom. The Balaban J connectivity index is 2.06. The second kappa shape index (κ2) is 2.09. The van der Waals surface area contributed by atoms with E-state index < -0.39 is 6.09 Å². The van der Waals surface area contributed by atoms with Gasteiger partial charge < -0.3 is 14.9 Å². The molecule has 5 nitrogen and oxygen atoms in total. The van der Waals surface area contributed by atoms with Crippen LogP contribution >= 0.6 is 0 Å². The van der Waals surface area contributed by atoms with Gasteiger partial charge >= 0.3 is 6.09 Å². The van der Waals surface area contributed by atoms with Crippen LogP contribution in [0.4, 0.5) is 4.79 Å². The molecule has 1 amide bonds. The van der Waals surface area contributed by atoms with Crippen LogP contribution in [0.1, 0.15) is 0 Å². The Morgan fingerprint density at radius 3 is 2.91 bits per heavy atom. The van der Waals surface area contributed by atoms with E-state index in [0.29, 0.717) is 6.54 Å². The Kier molecular flexibility index (Phi) is 1.30. The first kappa shape index (κ1) is 6.87. The predicted molar refractivity (Wildman–Crippen MR) is 34.3 cm³/mol. The summed E-state index contributed by atoms with van der Waals surface area (Å²) in [5.41, 5.74) is 0. The summed E-state index contributed by atoms with van der Waals surface area (Å²) in [5.74, 6) is 0. The number of fused-ring (bicyclic) bond motifs is 1. The van der Waals surface area contributed by atoms with Gasteiger partial charge in [0, 0.05) is 0 Å². The molecule has 11 heavy (non-hydrogen) atoms. The van der Waals surface area contributed by atoms with E-state index in [4.69, 9.17) is 14.9 Å². The summed E-state index contributed by atoms with van der Waals surface area (Å²) in [5, 5.41) is 17.4. The number of aliphatic hydroxyl groups excluding tert-OH is 1. The molecule has 2 rings (SSSR count). The number of carboxylic acid groups (broad SMARTS) is 1. The van der Waals surface area contributed by atoms with Gasteiger partial charge in [0.1, 0.15) is 12.2 Å². The fraction of sp³-hybridized carbons (Fsp3) is 0.833. The molecule has 2 fully saturated rings. The molecule has 5 heteroatoms. The minimum Gasteiger partial charge on any atom is -0.465 e. The van der Waals surface area contributed by atoms with E-state index in [2.05, 4.69) is 0 Å². The maximum absolute atomic E-state index is 10.5. The Hall–Kier alpha value is -0.810. The normalized spacial score (nSPS) is 40.5. The number of ether oxygens (including phenoxy) is 1. The molecule has 62 valence electrons. The van der Waals surface area contributed by atoms with Crippen LogP contribution in [0.3, 0.4) is 0 Å². The Bertz CT molecular complexity index is 195. The zero-order valence-corrected chi connectivity index (χ0v) is 5.80. The molecule has 3 atom stereocenters. The Morgan fingerprint density at radius 2 is 2.45 bits per heavy atom. The largest absolute Gasteiger partial charge is 0.465 e. The number of nitrogens with zero attached hydrogens (tertiary/aromatic N) is 1. The van der Waals surface area contributed by atoms with Gasteiger partial charge in [0.05, 0.1) is 19.2 Å². The third-order valence-electron chi connectivity index (χ3n) is 2.21. The van der Waals surface area contributed by atoms with Crippen molar-refractivity contribution in [1.29, 1.82) is 0 Å². The molecule has 0 bridgehead atoms.